The highest BCUT2D eigenvalue weighted by atomic mass is 32.2. The first-order valence-electron chi connectivity index (χ1n) is 8.36. The number of anilines is 1. The lowest BCUT2D eigenvalue weighted by molar-refractivity contribution is 0.248. The summed E-state index contributed by atoms with van der Waals surface area (Å²) in [5.41, 5.74) is 1.13. The maximum absolute atomic E-state index is 12.3. The Morgan fingerprint density at radius 3 is 2.52 bits per heavy atom. The second kappa shape index (κ2) is 7.42. The van der Waals surface area contributed by atoms with E-state index in [1.165, 1.54) is 26.2 Å². The quantitative estimate of drug-likeness (QED) is 0.700. The Labute approximate surface area is 158 Å². The first kappa shape index (κ1) is 18.9. The van der Waals surface area contributed by atoms with Crippen LogP contribution in [0.4, 0.5) is 10.5 Å². The standard InChI is InChI=1S/C19H21N3O4S/c1-13(18-11-14-7-4-5-10-17(14)26-18)20-19(23)21-15-8-6-9-16(12-15)27(24,25)22(2)3/h4-13H,1-3H3,(H2,20,21,23)/t13-/m1/s1. The van der Waals surface area contributed by atoms with Gasteiger partial charge in [-0.25, -0.2) is 17.5 Å². The third-order valence-electron chi connectivity index (χ3n) is 4.09. The van der Waals surface area contributed by atoms with Crippen LogP contribution in [-0.4, -0.2) is 32.8 Å². The first-order chi connectivity index (χ1) is 12.8. The highest BCUT2D eigenvalue weighted by molar-refractivity contribution is 7.89. The SMILES string of the molecule is C[C@@H](NC(=O)Nc1cccc(S(=O)(=O)N(C)C)c1)c1cc2ccccc2o1. The Morgan fingerprint density at radius 2 is 1.81 bits per heavy atom. The number of sulfonamides is 1. The largest absolute Gasteiger partial charge is 0.459 e. The number of carbonyl (C=O) groups is 1. The van der Waals surface area contributed by atoms with Gasteiger partial charge in [-0.1, -0.05) is 24.3 Å². The van der Waals surface area contributed by atoms with Crippen LogP contribution in [0.15, 0.2) is 63.9 Å². The molecule has 0 unspecified atom stereocenters. The zero-order valence-electron chi connectivity index (χ0n) is 15.3. The summed E-state index contributed by atoms with van der Waals surface area (Å²) in [4.78, 5) is 12.4. The van der Waals surface area contributed by atoms with Crippen molar-refractivity contribution >= 4 is 32.7 Å². The highest BCUT2D eigenvalue weighted by Crippen LogP contribution is 2.24. The number of hydrogen-bond donors (Lipinski definition) is 2. The number of benzene rings is 2. The van der Waals surface area contributed by atoms with Crippen molar-refractivity contribution in [1.82, 2.24) is 9.62 Å². The predicted molar refractivity (Wildman–Crippen MR) is 104 cm³/mol. The molecule has 27 heavy (non-hydrogen) atoms. The first-order valence-corrected chi connectivity index (χ1v) is 9.80. The number of nitrogens with one attached hydrogen (secondary N) is 2. The average molecular weight is 387 g/mol. The highest BCUT2D eigenvalue weighted by Gasteiger charge is 2.18. The van der Waals surface area contributed by atoms with E-state index in [0.717, 1.165) is 15.3 Å². The molecule has 1 heterocycles. The van der Waals surface area contributed by atoms with Crippen LogP contribution in [0.1, 0.15) is 18.7 Å². The summed E-state index contributed by atoms with van der Waals surface area (Å²) in [5, 5.41) is 6.40. The average Bonchev–Trinajstić information content (AvgIpc) is 3.06. The van der Waals surface area contributed by atoms with E-state index in [1.54, 1.807) is 12.1 Å². The lowest BCUT2D eigenvalue weighted by atomic mass is 10.2. The van der Waals surface area contributed by atoms with Gasteiger partial charge in [0.2, 0.25) is 10.0 Å². The van der Waals surface area contributed by atoms with E-state index in [2.05, 4.69) is 10.6 Å². The zero-order chi connectivity index (χ0) is 19.6. The number of fused-ring (bicyclic) bond motifs is 1. The molecule has 0 spiro atoms. The van der Waals surface area contributed by atoms with E-state index in [4.69, 9.17) is 4.42 Å². The van der Waals surface area contributed by atoms with Crippen LogP contribution in [-0.2, 0) is 10.0 Å². The van der Waals surface area contributed by atoms with Gasteiger partial charge in [-0.15, -0.1) is 0 Å². The van der Waals surface area contributed by atoms with Gasteiger partial charge in [-0.2, -0.15) is 0 Å². The van der Waals surface area contributed by atoms with E-state index in [-0.39, 0.29) is 10.9 Å². The molecule has 0 saturated heterocycles. The molecule has 2 aromatic carbocycles. The Balaban J connectivity index is 1.70. The van der Waals surface area contributed by atoms with Crippen molar-refractivity contribution in [3.63, 3.8) is 0 Å². The van der Waals surface area contributed by atoms with Crippen molar-refractivity contribution < 1.29 is 17.6 Å². The van der Waals surface area contributed by atoms with Crippen molar-refractivity contribution in [3.8, 4) is 0 Å². The Kier molecular flexibility index (Phi) is 5.20. The van der Waals surface area contributed by atoms with Gasteiger partial charge in [0.15, 0.2) is 0 Å². The molecule has 0 radical (unpaired) electrons. The minimum absolute atomic E-state index is 0.107. The fraction of sp³-hybridized carbons (Fsp3) is 0.211. The molecule has 0 aliphatic rings. The minimum atomic E-state index is -3.57. The number of hydrogen-bond acceptors (Lipinski definition) is 4. The molecular weight excluding hydrogens is 366 g/mol. The van der Waals surface area contributed by atoms with Gasteiger partial charge in [0.1, 0.15) is 11.3 Å². The van der Waals surface area contributed by atoms with Crippen LogP contribution >= 0.6 is 0 Å². The fourth-order valence-electron chi connectivity index (χ4n) is 2.60. The van der Waals surface area contributed by atoms with Crippen molar-refractivity contribution in [1.29, 1.82) is 0 Å². The second-order valence-corrected chi connectivity index (χ2v) is 8.47. The monoisotopic (exact) mass is 387 g/mol. The molecule has 0 aliphatic heterocycles. The lowest BCUT2D eigenvalue weighted by Gasteiger charge is -2.14. The zero-order valence-corrected chi connectivity index (χ0v) is 16.1. The number of amides is 2. The number of rotatable bonds is 5. The summed E-state index contributed by atoms with van der Waals surface area (Å²) >= 11 is 0. The maximum Gasteiger partial charge on any atom is 0.319 e. The Bertz CT molecular complexity index is 1040. The molecule has 0 fully saturated rings. The number of carbonyl (C=O) groups excluding carboxylic acids is 1. The maximum atomic E-state index is 12.3. The molecule has 0 aliphatic carbocycles. The molecule has 1 atom stereocenters. The van der Waals surface area contributed by atoms with Gasteiger partial charge in [0, 0.05) is 25.2 Å². The van der Waals surface area contributed by atoms with E-state index in [9.17, 15) is 13.2 Å². The summed E-state index contributed by atoms with van der Waals surface area (Å²) in [6.07, 6.45) is 0. The van der Waals surface area contributed by atoms with E-state index < -0.39 is 16.1 Å². The molecule has 3 rings (SSSR count). The molecule has 0 saturated carbocycles. The molecule has 2 amide bonds. The number of furan rings is 1. The Hall–Kier alpha value is -2.84. The topological polar surface area (TPSA) is 91.7 Å². The van der Waals surface area contributed by atoms with Gasteiger partial charge in [0.05, 0.1) is 10.9 Å². The van der Waals surface area contributed by atoms with Gasteiger partial charge in [0.25, 0.3) is 0 Å². The van der Waals surface area contributed by atoms with Gasteiger partial charge < -0.3 is 15.1 Å². The summed E-state index contributed by atoms with van der Waals surface area (Å²) in [6, 6.07) is 14.8. The summed E-state index contributed by atoms with van der Waals surface area (Å²) < 4.78 is 31.3. The van der Waals surface area contributed by atoms with E-state index in [1.807, 2.05) is 37.3 Å². The number of urea groups is 1. The van der Waals surface area contributed by atoms with Crippen LogP contribution in [0.2, 0.25) is 0 Å². The van der Waals surface area contributed by atoms with E-state index >= 15 is 0 Å². The number of para-hydroxylation sites is 1. The van der Waals surface area contributed by atoms with Gasteiger partial charge in [-0.3, -0.25) is 0 Å². The Morgan fingerprint density at radius 1 is 1.07 bits per heavy atom. The molecule has 7 nitrogen and oxygen atoms in total. The summed E-state index contributed by atoms with van der Waals surface area (Å²) in [6.45, 7) is 1.81. The molecule has 0 bridgehead atoms. The van der Waals surface area contributed by atoms with Crippen molar-refractivity contribution in [3.05, 3.63) is 60.4 Å². The predicted octanol–water partition coefficient (Wildman–Crippen LogP) is 3.57. The van der Waals surface area contributed by atoms with Gasteiger partial charge >= 0.3 is 6.03 Å². The van der Waals surface area contributed by atoms with Crippen LogP contribution in [0.5, 0.6) is 0 Å². The minimum Gasteiger partial charge on any atom is -0.459 e. The van der Waals surface area contributed by atoms with E-state index in [0.29, 0.717) is 11.4 Å². The van der Waals surface area contributed by atoms with Crippen LogP contribution in [0, 0.1) is 0 Å². The third kappa shape index (κ3) is 4.12. The summed E-state index contributed by atoms with van der Waals surface area (Å²) in [5.74, 6) is 0.635. The van der Waals surface area contributed by atoms with Crippen LogP contribution < -0.4 is 10.6 Å². The molecular formula is C19H21N3O4S. The molecule has 8 heteroatoms. The molecule has 2 N–H and O–H groups in total. The smallest absolute Gasteiger partial charge is 0.319 e. The fourth-order valence-corrected chi connectivity index (χ4v) is 3.54. The van der Waals surface area contributed by atoms with Crippen molar-refractivity contribution in [2.24, 2.45) is 0 Å². The molecule has 142 valence electrons. The third-order valence-corrected chi connectivity index (χ3v) is 5.90. The van der Waals surface area contributed by atoms with Crippen molar-refractivity contribution in [2.45, 2.75) is 17.9 Å². The van der Waals surface area contributed by atoms with Crippen LogP contribution in [0.25, 0.3) is 11.0 Å². The number of nitrogens with zero attached hydrogens (tertiary/aromatic N) is 1. The van der Waals surface area contributed by atoms with Crippen molar-refractivity contribution in [2.75, 3.05) is 19.4 Å². The molecule has 1 aromatic heterocycles. The molecule has 3 aromatic rings. The summed E-state index contributed by atoms with van der Waals surface area (Å²) in [7, 11) is -0.658. The van der Waals surface area contributed by atoms with Gasteiger partial charge in [-0.05, 0) is 37.3 Å². The second-order valence-electron chi connectivity index (χ2n) is 6.32. The lowest BCUT2D eigenvalue weighted by Crippen LogP contribution is -2.31. The van der Waals surface area contributed by atoms with Crippen LogP contribution in [0.3, 0.4) is 0 Å². The normalized spacial score (nSPS) is 12.9.